The zero-order valence-corrected chi connectivity index (χ0v) is 9.23. The Morgan fingerprint density at radius 3 is 2.54 bits per heavy atom. The van der Waals surface area contributed by atoms with E-state index in [1.54, 1.807) is 0 Å². The van der Waals surface area contributed by atoms with Crippen LogP contribution in [0.1, 0.15) is 51.4 Å². The topological polar surface area (TPSA) is 0 Å². The minimum atomic E-state index is 0.817. The molecule has 0 spiro atoms. The first-order valence-corrected chi connectivity index (χ1v) is 6.19. The number of allylic oxidation sites excluding steroid dienone is 2. The third kappa shape index (κ3) is 5.36. The summed E-state index contributed by atoms with van der Waals surface area (Å²) in [6.45, 7) is 0. The van der Waals surface area contributed by atoms with Gasteiger partial charge in [0.15, 0.2) is 0 Å². The lowest BCUT2D eigenvalue weighted by Crippen LogP contribution is -2.02. The second-order valence-electron chi connectivity index (χ2n) is 4.01. The highest BCUT2D eigenvalue weighted by atomic mass is 35.5. The number of hydrogen-bond acceptors (Lipinski definition) is 0. The van der Waals surface area contributed by atoms with Crippen LogP contribution in [-0.4, -0.2) is 5.88 Å². The van der Waals surface area contributed by atoms with Gasteiger partial charge in [0, 0.05) is 5.88 Å². The molecule has 0 N–H and O–H groups in total. The number of halogens is 1. The molecule has 0 nitrogen and oxygen atoms in total. The molecule has 0 aromatic rings. The highest BCUT2D eigenvalue weighted by Crippen LogP contribution is 2.24. The monoisotopic (exact) mass is 200 g/mol. The molecular weight excluding hydrogens is 180 g/mol. The van der Waals surface area contributed by atoms with Crippen LogP contribution in [0, 0.1) is 5.92 Å². The summed E-state index contributed by atoms with van der Waals surface area (Å²) in [7, 11) is 0. The lowest BCUT2D eigenvalue weighted by molar-refractivity contribution is 0.418. The van der Waals surface area contributed by atoms with Gasteiger partial charge in [0.2, 0.25) is 0 Å². The Labute approximate surface area is 87.4 Å². The molecule has 0 saturated heterocycles. The van der Waals surface area contributed by atoms with Crippen molar-refractivity contribution in [3.63, 3.8) is 0 Å². The average molecular weight is 201 g/mol. The van der Waals surface area contributed by atoms with E-state index in [2.05, 4.69) is 12.2 Å². The summed E-state index contributed by atoms with van der Waals surface area (Å²) >= 11 is 5.61. The van der Waals surface area contributed by atoms with Gasteiger partial charge in [-0.05, 0) is 38.0 Å². The molecule has 1 saturated carbocycles. The second-order valence-corrected chi connectivity index (χ2v) is 4.39. The second kappa shape index (κ2) is 7.44. The van der Waals surface area contributed by atoms with Gasteiger partial charge in [0.05, 0.1) is 0 Å². The van der Waals surface area contributed by atoms with E-state index in [1.165, 1.54) is 44.9 Å². The first-order valence-electron chi connectivity index (χ1n) is 5.66. The summed E-state index contributed by atoms with van der Waals surface area (Å²) in [5.41, 5.74) is 0. The Bertz CT molecular complexity index is 134. The van der Waals surface area contributed by atoms with Gasteiger partial charge in [0.1, 0.15) is 0 Å². The van der Waals surface area contributed by atoms with Gasteiger partial charge in [-0.1, -0.05) is 31.4 Å². The van der Waals surface area contributed by atoms with Crippen LogP contribution < -0.4 is 0 Å². The summed E-state index contributed by atoms with van der Waals surface area (Å²) in [5.74, 6) is 1.71. The number of unbranched alkanes of at least 4 members (excludes halogenated alkanes) is 2. The zero-order chi connectivity index (χ0) is 9.36. The molecule has 0 aromatic heterocycles. The van der Waals surface area contributed by atoms with Crippen LogP contribution in [0.3, 0.4) is 0 Å². The van der Waals surface area contributed by atoms with Crippen LogP contribution in [0.25, 0.3) is 0 Å². The van der Waals surface area contributed by atoms with Crippen LogP contribution in [0.2, 0.25) is 0 Å². The molecule has 0 radical (unpaired) electrons. The molecule has 0 heterocycles. The van der Waals surface area contributed by atoms with Crippen molar-refractivity contribution in [2.45, 2.75) is 51.4 Å². The summed E-state index contributed by atoms with van der Waals surface area (Å²) in [5, 5.41) is 0. The molecule has 1 rings (SSSR count). The maximum Gasteiger partial charge on any atom is 0.0223 e. The maximum atomic E-state index is 5.61. The Kier molecular flexibility index (Phi) is 6.35. The van der Waals surface area contributed by atoms with Gasteiger partial charge < -0.3 is 0 Å². The van der Waals surface area contributed by atoms with Gasteiger partial charge in [0.25, 0.3) is 0 Å². The van der Waals surface area contributed by atoms with Crippen LogP contribution in [0.5, 0.6) is 0 Å². The summed E-state index contributed by atoms with van der Waals surface area (Å²) in [6, 6.07) is 0. The fourth-order valence-corrected chi connectivity index (χ4v) is 2.16. The van der Waals surface area contributed by atoms with Gasteiger partial charge in [-0.3, -0.25) is 0 Å². The molecule has 0 atom stereocenters. The standard InChI is InChI=1S/C12H21Cl/c13-11-7-2-1-4-8-12-9-5-3-6-10-12/h4,8,12H,1-3,5-7,9-11H2/b8-4+. The fraction of sp³-hybridized carbons (Fsp3) is 0.833. The molecule has 76 valence electrons. The van der Waals surface area contributed by atoms with Crippen molar-refractivity contribution in [2.24, 2.45) is 5.92 Å². The number of rotatable bonds is 5. The molecule has 0 unspecified atom stereocenters. The highest BCUT2D eigenvalue weighted by molar-refractivity contribution is 6.17. The molecule has 0 aliphatic heterocycles. The van der Waals surface area contributed by atoms with Crippen molar-refractivity contribution in [1.29, 1.82) is 0 Å². The first-order chi connectivity index (χ1) is 6.43. The summed E-state index contributed by atoms with van der Waals surface area (Å²) in [4.78, 5) is 0. The molecule has 1 aliphatic rings. The minimum Gasteiger partial charge on any atom is -0.127 e. The van der Waals surface area contributed by atoms with Crippen LogP contribution >= 0.6 is 11.6 Å². The molecule has 1 heteroatoms. The Hall–Kier alpha value is 0.0300. The van der Waals surface area contributed by atoms with E-state index in [-0.39, 0.29) is 0 Å². The Morgan fingerprint density at radius 1 is 1.08 bits per heavy atom. The van der Waals surface area contributed by atoms with Crippen molar-refractivity contribution in [1.82, 2.24) is 0 Å². The van der Waals surface area contributed by atoms with Crippen LogP contribution in [0.15, 0.2) is 12.2 Å². The first kappa shape index (κ1) is 11.1. The van der Waals surface area contributed by atoms with Crippen molar-refractivity contribution >= 4 is 11.6 Å². The minimum absolute atomic E-state index is 0.817. The molecule has 1 aliphatic carbocycles. The van der Waals surface area contributed by atoms with E-state index in [0.717, 1.165) is 18.2 Å². The number of hydrogen-bond donors (Lipinski definition) is 0. The van der Waals surface area contributed by atoms with Crippen molar-refractivity contribution in [3.8, 4) is 0 Å². The van der Waals surface area contributed by atoms with E-state index >= 15 is 0 Å². The van der Waals surface area contributed by atoms with Gasteiger partial charge in [-0.15, -0.1) is 11.6 Å². The van der Waals surface area contributed by atoms with Gasteiger partial charge in [-0.2, -0.15) is 0 Å². The van der Waals surface area contributed by atoms with E-state index in [4.69, 9.17) is 11.6 Å². The van der Waals surface area contributed by atoms with Crippen molar-refractivity contribution < 1.29 is 0 Å². The van der Waals surface area contributed by atoms with Crippen molar-refractivity contribution in [2.75, 3.05) is 5.88 Å². The molecule has 13 heavy (non-hydrogen) atoms. The van der Waals surface area contributed by atoms with E-state index < -0.39 is 0 Å². The molecule has 0 aromatic carbocycles. The SMILES string of the molecule is ClCCCC/C=C/C1CCCCC1. The van der Waals surface area contributed by atoms with E-state index in [9.17, 15) is 0 Å². The lowest BCUT2D eigenvalue weighted by atomic mass is 9.89. The average Bonchev–Trinajstić information content (AvgIpc) is 2.19. The van der Waals surface area contributed by atoms with E-state index in [0.29, 0.717) is 0 Å². The molecule has 1 fully saturated rings. The quantitative estimate of drug-likeness (QED) is 0.348. The maximum absolute atomic E-state index is 5.61. The van der Waals surface area contributed by atoms with Gasteiger partial charge in [-0.25, -0.2) is 0 Å². The highest BCUT2D eigenvalue weighted by Gasteiger charge is 2.08. The Morgan fingerprint density at radius 2 is 1.85 bits per heavy atom. The van der Waals surface area contributed by atoms with Gasteiger partial charge >= 0.3 is 0 Å². The fourth-order valence-electron chi connectivity index (χ4n) is 1.97. The third-order valence-corrected chi connectivity index (χ3v) is 3.08. The smallest absolute Gasteiger partial charge is 0.0223 e. The normalized spacial score (nSPS) is 19.8. The predicted molar refractivity (Wildman–Crippen MR) is 60.3 cm³/mol. The predicted octanol–water partition coefficient (Wildman–Crippen LogP) is 4.53. The lowest BCUT2D eigenvalue weighted by Gasteiger charge is -2.17. The van der Waals surface area contributed by atoms with Crippen molar-refractivity contribution in [3.05, 3.63) is 12.2 Å². The largest absolute Gasteiger partial charge is 0.127 e. The van der Waals surface area contributed by atoms with Crippen LogP contribution in [-0.2, 0) is 0 Å². The third-order valence-electron chi connectivity index (χ3n) is 2.81. The molecule has 0 bridgehead atoms. The summed E-state index contributed by atoms with van der Waals surface area (Å²) in [6.07, 6.45) is 15.6. The summed E-state index contributed by atoms with van der Waals surface area (Å²) < 4.78 is 0. The molecule has 0 amide bonds. The van der Waals surface area contributed by atoms with Crippen LogP contribution in [0.4, 0.5) is 0 Å². The molecular formula is C12H21Cl. The Balaban J connectivity index is 2.01. The van der Waals surface area contributed by atoms with E-state index in [1.807, 2.05) is 0 Å². The number of alkyl halides is 1. The zero-order valence-electron chi connectivity index (χ0n) is 8.47.